The van der Waals surface area contributed by atoms with Crippen LogP contribution >= 0.6 is 0 Å². The minimum absolute atomic E-state index is 0.0547. The molecule has 1 atom stereocenters. The van der Waals surface area contributed by atoms with Gasteiger partial charge in [0.25, 0.3) is 0 Å². The van der Waals surface area contributed by atoms with Crippen molar-refractivity contribution < 1.29 is 9.53 Å². The summed E-state index contributed by atoms with van der Waals surface area (Å²) in [5.74, 6) is 0.650. The lowest BCUT2D eigenvalue weighted by atomic mass is 10.2. The van der Waals surface area contributed by atoms with Gasteiger partial charge in [-0.15, -0.1) is 0 Å². The first-order valence-electron chi connectivity index (χ1n) is 5.63. The largest absolute Gasteiger partial charge is 0.378 e. The van der Waals surface area contributed by atoms with Gasteiger partial charge in [0, 0.05) is 12.7 Å². The van der Waals surface area contributed by atoms with E-state index in [9.17, 15) is 4.79 Å². The molecule has 0 spiro atoms. The maximum absolute atomic E-state index is 11.8. The Kier molecular flexibility index (Phi) is 4.00. The van der Waals surface area contributed by atoms with Crippen LogP contribution in [0.2, 0.25) is 0 Å². The number of aryl methyl sites for hydroxylation is 1. The summed E-state index contributed by atoms with van der Waals surface area (Å²) in [4.78, 5) is 20.0. The minimum atomic E-state index is -0.258. The Hall–Kier alpha value is -1.53. The highest BCUT2D eigenvalue weighted by molar-refractivity contribution is 5.81. The highest BCUT2D eigenvalue weighted by Crippen LogP contribution is 1.96. The Morgan fingerprint density at radius 1 is 1.71 bits per heavy atom. The summed E-state index contributed by atoms with van der Waals surface area (Å²) < 4.78 is 5.23. The third kappa shape index (κ3) is 3.47. The molecule has 1 fully saturated rings. The minimum Gasteiger partial charge on any atom is -0.378 e. The molecule has 1 saturated heterocycles. The molecule has 6 heteroatoms. The highest BCUT2D eigenvalue weighted by atomic mass is 16.5. The van der Waals surface area contributed by atoms with Crippen molar-refractivity contribution in [2.75, 3.05) is 19.8 Å². The SMILES string of the molecule is Cc1nccc(CNC(=O)C2COCCN2)n1. The fraction of sp³-hybridized carbons (Fsp3) is 0.545. The first-order valence-corrected chi connectivity index (χ1v) is 5.63. The van der Waals surface area contributed by atoms with E-state index in [1.165, 1.54) is 0 Å². The molecule has 1 aliphatic rings. The lowest BCUT2D eigenvalue weighted by molar-refractivity contribution is -0.126. The summed E-state index contributed by atoms with van der Waals surface area (Å²) >= 11 is 0. The van der Waals surface area contributed by atoms with Crippen LogP contribution in [0.1, 0.15) is 11.5 Å². The van der Waals surface area contributed by atoms with E-state index in [-0.39, 0.29) is 11.9 Å². The molecule has 1 aliphatic heterocycles. The Morgan fingerprint density at radius 2 is 2.59 bits per heavy atom. The number of ether oxygens (including phenoxy) is 1. The van der Waals surface area contributed by atoms with Gasteiger partial charge in [-0.2, -0.15) is 0 Å². The Bertz CT molecular complexity index is 391. The van der Waals surface area contributed by atoms with E-state index in [0.29, 0.717) is 32.1 Å². The first kappa shape index (κ1) is 11.9. The number of rotatable bonds is 3. The Balaban J connectivity index is 1.83. The molecule has 2 N–H and O–H groups in total. The molecule has 1 aromatic rings. The number of hydrogen-bond acceptors (Lipinski definition) is 5. The average molecular weight is 236 g/mol. The summed E-state index contributed by atoms with van der Waals surface area (Å²) in [6.45, 7) is 4.04. The zero-order valence-electron chi connectivity index (χ0n) is 9.77. The predicted octanol–water partition coefficient (Wildman–Crippen LogP) is -0.610. The van der Waals surface area contributed by atoms with Gasteiger partial charge in [-0.05, 0) is 13.0 Å². The van der Waals surface area contributed by atoms with Crippen LogP contribution in [-0.4, -0.2) is 41.7 Å². The van der Waals surface area contributed by atoms with E-state index in [0.717, 1.165) is 5.69 Å². The van der Waals surface area contributed by atoms with Crippen LogP contribution in [0, 0.1) is 6.92 Å². The van der Waals surface area contributed by atoms with E-state index in [1.807, 2.05) is 6.92 Å². The van der Waals surface area contributed by atoms with Gasteiger partial charge < -0.3 is 15.4 Å². The maximum atomic E-state index is 11.8. The zero-order valence-corrected chi connectivity index (χ0v) is 9.77. The molecular formula is C11H16N4O2. The number of hydrogen-bond donors (Lipinski definition) is 2. The van der Waals surface area contributed by atoms with Gasteiger partial charge in [0.15, 0.2) is 0 Å². The second kappa shape index (κ2) is 5.70. The fourth-order valence-electron chi connectivity index (χ4n) is 1.64. The first-order chi connectivity index (χ1) is 8.25. The quantitative estimate of drug-likeness (QED) is 0.732. The van der Waals surface area contributed by atoms with Crippen molar-refractivity contribution in [3.63, 3.8) is 0 Å². The molecular weight excluding hydrogens is 220 g/mol. The predicted molar refractivity (Wildman–Crippen MR) is 61.2 cm³/mol. The molecule has 1 aromatic heterocycles. The number of amides is 1. The van der Waals surface area contributed by atoms with E-state index >= 15 is 0 Å². The lowest BCUT2D eigenvalue weighted by Crippen LogP contribution is -2.51. The van der Waals surface area contributed by atoms with Gasteiger partial charge >= 0.3 is 0 Å². The van der Waals surface area contributed by atoms with Crippen LogP contribution in [0.5, 0.6) is 0 Å². The molecule has 0 radical (unpaired) electrons. The number of carbonyl (C=O) groups excluding carboxylic acids is 1. The number of carbonyl (C=O) groups is 1. The van der Waals surface area contributed by atoms with Crippen molar-refractivity contribution in [3.05, 3.63) is 23.8 Å². The van der Waals surface area contributed by atoms with Gasteiger partial charge in [-0.25, -0.2) is 9.97 Å². The van der Waals surface area contributed by atoms with Crippen molar-refractivity contribution >= 4 is 5.91 Å². The monoisotopic (exact) mass is 236 g/mol. The van der Waals surface area contributed by atoms with Crippen LogP contribution in [0.15, 0.2) is 12.3 Å². The topological polar surface area (TPSA) is 76.1 Å². The van der Waals surface area contributed by atoms with Crippen molar-refractivity contribution in [3.8, 4) is 0 Å². The van der Waals surface area contributed by atoms with E-state index in [2.05, 4.69) is 20.6 Å². The number of aromatic nitrogens is 2. The molecule has 92 valence electrons. The van der Waals surface area contributed by atoms with Crippen LogP contribution in [0.3, 0.4) is 0 Å². The zero-order chi connectivity index (χ0) is 12.1. The molecule has 0 aliphatic carbocycles. The van der Waals surface area contributed by atoms with Gasteiger partial charge in [0.2, 0.25) is 5.91 Å². The van der Waals surface area contributed by atoms with Gasteiger partial charge in [0.1, 0.15) is 11.9 Å². The summed E-state index contributed by atoms with van der Waals surface area (Å²) in [6, 6.07) is 1.53. The standard InChI is InChI=1S/C11H16N4O2/c1-8-12-3-2-9(15-8)6-14-11(16)10-7-17-5-4-13-10/h2-3,10,13H,4-7H2,1H3,(H,14,16). The second-order valence-corrected chi connectivity index (χ2v) is 3.89. The Labute approximate surface area is 99.8 Å². The molecule has 17 heavy (non-hydrogen) atoms. The fourth-order valence-corrected chi connectivity index (χ4v) is 1.64. The molecule has 0 aromatic carbocycles. The van der Waals surface area contributed by atoms with E-state index < -0.39 is 0 Å². The lowest BCUT2D eigenvalue weighted by Gasteiger charge is -2.22. The van der Waals surface area contributed by atoms with Crippen molar-refractivity contribution in [1.29, 1.82) is 0 Å². The molecule has 1 unspecified atom stereocenters. The van der Waals surface area contributed by atoms with Crippen LogP contribution in [0.25, 0.3) is 0 Å². The maximum Gasteiger partial charge on any atom is 0.239 e. The average Bonchev–Trinajstić information content (AvgIpc) is 2.37. The second-order valence-electron chi connectivity index (χ2n) is 3.89. The smallest absolute Gasteiger partial charge is 0.239 e. The van der Waals surface area contributed by atoms with Crippen molar-refractivity contribution in [2.45, 2.75) is 19.5 Å². The molecule has 1 amide bonds. The van der Waals surface area contributed by atoms with Crippen LogP contribution < -0.4 is 10.6 Å². The van der Waals surface area contributed by atoms with Gasteiger partial charge in [0.05, 0.1) is 25.5 Å². The van der Waals surface area contributed by atoms with Crippen molar-refractivity contribution in [2.24, 2.45) is 0 Å². The summed E-state index contributed by atoms with van der Waals surface area (Å²) in [5, 5.41) is 5.92. The molecule has 2 heterocycles. The molecule has 0 saturated carbocycles. The van der Waals surface area contributed by atoms with Gasteiger partial charge in [-0.3, -0.25) is 4.79 Å². The van der Waals surface area contributed by atoms with E-state index in [4.69, 9.17) is 4.74 Å². The molecule has 0 bridgehead atoms. The van der Waals surface area contributed by atoms with Crippen LogP contribution in [0.4, 0.5) is 0 Å². The van der Waals surface area contributed by atoms with E-state index in [1.54, 1.807) is 12.3 Å². The summed E-state index contributed by atoms with van der Waals surface area (Å²) in [7, 11) is 0. The van der Waals surface area contributed by atoms with Crippen LogP contribution in [-0.2, 0) is 16.1 Å². The number of morpholine rings is 1. The van der Waals surface area contributed by atoms with Crippen molar-refractivity contribution in [1.82, 2.24) is 20.6 Å². The summed E-state index contributed by atoms with van der Waals surface area (Å²) in [5.41, 5.74) is 0.808. The Morgan fingerprint density at radius 3 is 3.29 bits per heavy atom. The molecule has 2 rings (SSSR count). The third-order valence-electron chi connectivity index (χ3n) is 2.52. The summed E-state index contributed by atoms with van der Waals surface area (Å²) in [6.07, 6.45) is 1.69. The normalized spacial score (nSPS) is 19.9. The number of nitrogens with one attached hydrogen (secondary N) is 2. The highest BCUT2D eigenvalue weighted by Gasteiger charge is 2.20. The molecule has 6 nitrogen and oxygen atoms in total. The number of nitrogens with zero attached hydrogens (tertiary/aromatic N) is 2. The third-order valence-corrected chi connectivity index (χ3v) is 2.52. The van der Waals surface area contributed by atoms with Gasteiger partial charge in [-0.1, -0.05) is 0 Å².